The Bertz CT molecular complexity index is 309. The molecule has 1 rings (SSSR count). The van der Waals surface area contributed by atoms with Crippen molar-refractivity contribution in [3.05, 3.63) is 18.2 Å². The molecule has 0 fully saturated rings. The lowest BCUT2D eigenvalue weighted by Crippen LogP contribution is -2.21. The minimum Gasteiger partial charge on any atom is -0.381 e. The van der Waals surface area contributed by atoms with Crippen LogP contribution >= 0.6 is 0 Å². The molecule has 19 heavy (non-hydrogen) atoms. The van der Waals surface area contributed by atoms with Crippen LogP contribution in [-0.2, 0) is 11.2 Å². The topological polar surface area (TPSA) is 49.9 Å². The first-order valence-corrected chi connectivity index (χ1v) is 7.41. The second-order valence-corrected chi connectivity index (χ2v) is 5.81. The molecule has 4 nitrogen and oxygen atoms in total. The summed E-state index contributed by atoms with van der Waals surface area (Å²) >= 11 is 0. The molecule has 0 saturated heterocycles. The van der Waals surface area contributed by atoms with Crippen molar-refractivity contribution in [2.24, 2.45) is 5.41 Å². The van der Waals surface area contributed by atoms with Crippen LogP contribution in [0, 0.1) is 5.41 Å². The first kappa shape index (κ1) is 16.2. The van der Waals surface area contributed by atoms with Gasteiger partial charge in [0.05, 0.1) is 6.61 Å². The molecule has 0 bridgehead atoms. The van der Waals surface area contributed by atoms with Gasteiger partial charge in [-0.05, 0) is 37.8 Å². The molecule has 0 saturated carbocycles. The van der Waals surface area contributed by atoms with Crippen molar-refractivity contribution >= 4 is 0 Å². The molecule has 0 aromatic carbocycles. The molecule has 0 aliphatic rings. The third-order valence-corrected chi connectivity index (χ3v) is 3.41. The number of hydrogen-bond acceptors (Lipinski definition) is 3. The number of aromatic nitrogens is 2. The van der Waals surface area contributed by atoms with Crippen LogP contribution in [0.5, 0.6) is 0 Å². The van der Waals surface area contributed by atoms with Crippen LogP contribution in [0.4, 0.5) is 0 Å². The van der Waals surface area contributed by atoms with Crippen LogP contribution in [0.25, 0.3) is 0 Å². The van der Waals surface area contributed by atoms with Gasteiger partial charge >= 0.3 is 0 Å². The molecule has 2 N–H and O–H groups in total. The van der Waals surface area contributed by atoms with E-state index in [1.165, 1.54) is 0 Å². The molecule has 1 heterocycles. The van der Waals surface area contributed by atoms with Crippen LogP contribution in [0.15, 0.2) is 12.4 Å². The van der Waals surface area contributed by atoms with E-state index in [1.54, 1.807) is 6.20 Å². The number of imidazole rings is 1. The number of ether oxygens (including phenoxy) is 1. The van der Waals surface area contributed by atoms with Crippen LogP contribution in [0.2, 0.25) is 0 Å². The van der Waals surface area contributed by atoms with Crippen molar-refractivity contribution in [3.8, 4) is 0 Å². The van der Waals surface area contributed by atoms with Crippen molar-refractivity contribution in [2.75, 3.05) is 26.3 Å². The van der Waals surface area contributed by atoms with E-state index >= 15 is 0 Å². The molecule has 0 amide bonds. The maximum atomic E-state index is 5.70. The molecular weight excluding hydrogens is 238 g/mol. The van der Waals surface area contributed by atoms with Gasteiger partial charge in [0.15, 0.2) is 0 Å². The fraction of sp³-hybridized carbons (Fsp3) is 0.800. The van der Waals surface area contributed by atoms with Crippen LogP contribution in [-0.4, -0.2) is 36.3 Å². The molecule has 110 valence electrons. The summed E-state index contributed by atoms with van der Waals surface area (Å²) in [6.07, 6.45) is 8.06. The van der Waals surface area contributed by atoms with Crippen molar-refractivity contribution in [1.82, 2.24) is 15.3 Å². The Morgan fingerprint density at radius 3 is 2.79 bits per heavy atom. The summed E-state index contributed by atoms with van der Waals surface area (Å²) in [4.78, 5) is 7.32. The highest BCUT2D eigenvalue weighted by molar-refractivity contribution is 4.86. The van der Waals surface area contributed by atoms with E-state index in [1.807, 2.05) is 6.20 Å². The Balaban J connectivity index is 1.84. The van der Waals surface area contributed by atoms with Crippen LogP contribution in [0.3, 0.4) is 0 Å². The number of nitrogens with zero attached hydrogens (tertiary/aromatic N) is 1. The SMILES string of the molecule is CCC(C)(C)COCCCNCCCc1ncc[nH]1. The van der Waals surface area contributed by atoms with E-state index in [-0.39, 0.29) is 0 Å². The quantitative estimate of drug-likeness (QED) is 0.606. The summed E-state index contributed by atoms with van der Waals surface area (Å²) in [7, 11) is 0. The number of H-pyrrole nitrogens is 1. The zero-order valence-electron chi connectivity index (χ0n) is 12.7. The number of aryl methyl sites for hydroxylation is 1. The van der Waals surface area contributed by atoms with Gasteiger partial charge in [0, 0.05) is 25.4 Å². The van der Waals surface area contributed by atoms with Crippen molar-refractivity contribution in [1.29, 1.82) is 0 Å². The van der Waals surface area contributed by atoms with Gasteiger partial charge in [0.25, 0.3) is 0 Å². The summed E-state index contributed by atoms with van der Waals surface area (Å²) in [5.74, 6) is 1.08. The Labute approximate surface area is 117 Å². The summed E-state index contributed by atoms with van der Waals surface area (Å²) in [5.41, 5.74) is 0.316. The molecule has 0 radical (unpaired) electrons. The minimum absolute atomic E-state index is 0.316. The summed E-state index contributed by atoms with van der Waals surface area (Å²) < 4.78 is 5.70. The summed E-state index contributed by atoms with van der Waals surface area (Å²) in [6, 6.07) is 0. The maximum Gasteiger partial charge on any atom is 0.106 e. The first-order chi connectivity index (χ1) is 9.14. The van der Waals surface area contributed by atoms with Gasteiger partial charge in [-0.3, -0.25) is 0 Å². The predicted molar refractivity (Wildman–Crippen MR) is 79.3 cm³/mol. The highest BCUT2D eigenvalue weighted by Gasteiger charge is 2.14. The van der Waals surface area contributed by atoms with Crippen molar-refractivity contribution in [3.63, 3.8) is 0 Å². The fourth-order valence-electron chi connectivity index (χ4n) is 1.69. The molecular formula is C15H29N3O. The molecule has 0 unspecified atom stereocenters. The second kappa shape index (κ2) is 9.10. The first-order valence-electron chi connectivity index (χ1n) is 7.41. The zero-order valence-corrected chi connectivity index (χ0v) is 12.7. The lowest BCUT2D eigenvalue weighted by Gasteiger charge is -2.22. The van der Waals surface area contributed by atoms with Gasteiger partial charge < -0.3 is 15.0 Å². The normalized spacial score (nSPS) is 11.9. The maximum absolute atomic E-state index is 5.70. The third kappa shape index (κ3) is 8.01. The standard InChI is InChI=1S/C15H29N3O/c1-4-15(2,3)13-19-12-6-9-16-8-5-7-14-17-10-11-18-14/h10-11,16H,4-9,12-13H2,1-3H3,(H,17,18). The molecule has 0 aliphatic carbocycles. The highest BCUT2D eigenvalue weighted by atomic mass is 16.5. The molecule has 4 heteroatoms. The van der Waals surface area contributed by atoms with Crippen molar-refractivity contribution < 1.29 is 4.74 Å². The van der Waals surface area contributed by atoms with E-state index in [2.05, 4.69) is 36.1 Å². The average Bonchev–Trinajstić information content (AvgIpc) is 2.90. The minimum atomic E-state index is 0.316. The highest BCUT2D eigenvalue weighted by Crippen LogP contribution is 2.19. The Hall–Kier alpha value is -0.870. The van der Waals surface area contributed by atoms with E-state index in [0.29, 0.717) is 5.41 Å². The molecule has 0 spiro atoms. The number of hydrogen-bond donors (Lipinski definition) is 2. The predicted octanol–water partition coefficient (Wildman–Crippen LogP) is 2.77. The Morgan fingerprint density at radius 1 is 1.32 bits per heavy atom. The van der Waals surface area contributed by atoms with Gasteiger partial charge in [0.1, 0.15) is 5.82 Å². The summed E-state index contributed by atoms with van der Waals surface area (Å²) in [5, 5.41) is 3.44. The molecule has 0 atom stereocenters. The molecule has 1 aromatic heterocycles. The number of nitrogens with one attached hydrogen (secondary N) is 2. The van der Waals surface area contributed by atoms with E-state index in [0.717, 1.165) is 57.8 Å². The smallest absolute Gasteiger partial charge is 0.106 e. The van der Waals surface area contributed by atoms with E-state index < -0.39 is 0 Å². The number of rotatable bonds is 11. The van der Waals surface area contributed by atoms with Crippen molar-refractivity contribution in [2.45, 2.75) is 46.5 Å². The monoisotopic (exact) mass is 267 g/mol. The van der Waals surface area contributed by atoms with E-state index in [9.17, 15) is 0 Å². The summed E-state index contributed by atoms with van der Waals surface area (Å²) in [6.45, 7) is 10.5. The van der Waals surface area contributed by atoms with Gasteiger partial charge in [-0.25, -0.2) is 4.98 Å². The van der Waals surface area contributed by atoms with E-state index in [4.69, 9.17) is 4.74 Å². The van der Waals surface area contributed by atoms with Crippen LogP contribution < -0.4 is 5.32 Å². The lowest BCUT2D eigenvalue weighted by atomic mass is 9.92. The second-order valence-electron chi connectivity index (χ2n) is 5.81. The Kier molecular flexibility index (Phi) is 7.75. The largest absolute Gasteiger partial charge is 0.381 e. The van der Waals surface area contributed by atoms with Crippen LogP contribution in [0.1, 0.15) is 45.9 Å². The molecule has 1 aromatic rings. The Morgan fingerprint density at radius 2 is 2.11 bits per heavy atom. The number of aromatic amines is 1. The average molecular weight is 267 g/mol. The van der Waals surface area contributed by atoms with Gasteiger partial charge in [-0.15, -0.1) is 0 Å². The zero-order chi connectivity index (χ0) is 14.0. The lowest BCUT2D eigenvalue weighted by molar-refractivity contribution is 0.0590. The fourth-order valence-corrected chi connectivity index (χ4v) is 1.69. The van der Waals surface area contributed by atoms with Gasteiger partial charge in [-0.2, -0.15) is 0 Å². The third-order valence-electron chi connectivity index (χ3n) is 3.41. The van der Waals surface area contributed by atoms with Gasteiger partial charge in [0.2, 0.25) is 0 Å². The van der Waals surface area contributed by atoms with Gasteiger partial charge in [-0.1, -0.05) is 20.8 Å². The molecule has 0 aliphatic heterocycles.